The van der Waals surface area contributed by atoms with Crippen molar-refractivity contribution in [2.75, 3.05) is 13.1 Å². The summed E-state index contributed by atoms with van der Waals surface area (Å²) in [5.74, 6) is 0.210. The first-order valence-corrected chi connectivity index (χ1v) is 10.3. The molecule has 1 aromatic heterocycles. The zero-order valence-electron chi connectivity index (χ0n) is 15.4. The number of carbonyl (C=O) groups is 1. The van der Waals surface area contributed by atoms with E-state index in [2.05, 4.69) is 33.8 Å². The number of imidazole rings is 1. The van der Waals surface area contributed by atoms with E-state index in [4.69, 9.17) is 0 Å². The van der Waals surface area contributed by atoms with Gasteiger partial charge in [-0.25, -0.2) is 4.98 Å². The Balaban J connectivity index is 1.68. The van der Waals surface area contributed by atoms with Crippen LogP contribution in [0.1, 0.15) is 19.8 Å². The number of hydrogen-bond donors (Lipinski definition) is 0. The van der Waals surface area contributed by atoms with Gasteiger partial charge in [0, 0.05) is 24.3 Å². The van der Waals surface area contributed by atoms with Crippen LogP contribution in [0.2, 0.25) is 0 Å². The molecule has 0 saturated carbocycles. The Morgan fingerprint density at radius 2 is 1.63 bits per heavy atom. The van der Waals surface area contributed by atoms with Crippen molar-refractivity contribution >= 4 is 17.7 Å². The number of para-hydroxylation sites is 1. The summed E-state index contributed by atoms with van der Waals surface area (Å²) < 4.78 is 2.15. The Morgan fingerprint density at radius 1 is 1.00 bits per heavy atom. The quantitative estimate of drug-likeness (QED) is 0.608. The van der Waals surface area contributed by atoms with Gasteiger partial charge in [0.1, 0.15) is 0 Å². The molecule has 3 aromatic rings. The van der Waals surface area contributed by atoms with Crippen molar-refractivity contribution in [3.05, 3.63) is 66.9 Å². The van der Waals surface area contributed by atoms with Gasteiger partial charge in [0.05, 0.1) is 17.1 Å². The highest BCUT2D eigenvalue weighted by atomic mass is 32.2. The van der Waals surface area contributed by atoms with Crippen LogP contribution >= 0.6 is 11.8 Å². The minimum Gasteiger partial charge on any atom is -0.342 e. The normalized spacial score (nSPS) is 15.1. The molecule has 4 rings (SSSR count). The van der Waals surface area contributed by atoms with Crippen LogP contribution in [0.3, 0.4) is 0 Å². The van der Waals surface area contributed by atoms with Gasteiger partial charge in [-0.15, -0.1) is 0 Å². The molecular weight excluding hydrogens is 354 g/mol. The van der Waals surface area contributed by atoms with Crippen LogP contribution in [0.4, 0.5) is 0 Å². The number of likely N-dealkylation sites (tertiary alicyclic amines) is 1. The molecule has 2 aromatic carbocycles. The largest absolute Gasteiger partial charge is 0.342 e. The zero-order valence-corrected chi connectivity index (χ0v) is 16.2. The second-order valence-corrected chi connectivity index (χ2v) is 8.06. The molecule has 0 aliphatic carbocycles. The molecule has 138 valence electrons. The van der Waals surface area contributed by atoms with Crippen LogP contribution in [-0.2, 0) is 4.79 Å². The van der Waals surface area contributed by atoms with Crippen LogP contribution < -0.4 is 0 Å². The average Bonchev–Trinajstić information content (AvgIpc) is 3.39. The maximum Gasteiger partial charge on any atom is 0.235 e. The Hall–Kier alpha value is -2.53. The summed E-state index contributed by atoms with van der Waals surface area (Å²) in [6, 6.07) is 20.5. The molecule has 0 N–H and O–H groups in total. The predicted molar refractivity (Wildman–Crippen MR) is 110 cm³/mol. The smallest absolute Gasteiger partial charge is 0.235 e. The molecule has 5 heteroatoms. The summed E-state index contributed by atoms with van der Waals surface area (Å²) >= 11 is 1.54. The van der Waals surface area contributed by atoms with Crippen molar-refractivity contribution in [2.24, 2.45) is 0 Å². The molecule has 0 unspecified atom stereocenters. The third-order valence-corrected chi connectivity index (χ3v) is 5.92. The van der Waals surface area contributed by atoms with Crippen LogP contribution in [-0.4, -0.2) is 38.7 Å². The lowest BCUT2D eigenvalue weighted by Crippen LogP contribution is -2.34. The number of nitrogens with zero attached hydrogens (tertiary/aromatic N) is 3. The van der Waals surface area contributed by atoms with E-state index in [0.717, 1.165) is 48.0 Å². The van der Waals surface area contributed by atoms with E-state index in [1.165, 1.54) is 11.8 Å². The van der Waals surface area contributed by atoms with Gasteiger partial charge >= 0.3 is 0 Å². The Labute approximate surface area is 164 Å². The first-order chi connectivity index (χ1) is 13.2. The van der Waals surface area contributed by atoms with E-state index in [-0.39, 0.29) is 11.2 Å². The summed E-state index contributed by atoms with van der Waals surface area (Å²) in [5.41, 5.74) is 3.20. The molecule has 1 fully saturated rings. The number of carbonyl (C=O) groups excluding carboxylic acids is 1. The standard InChI is InChI=1S/C22H23N3OS/c1-17(21(26)24-14-8-9-15-24)27-22-23-16-20(18-10-4-2-5-11-18)25(22)19-12-6-3-7-13-19/h2-7,10-13,16-17H,8-9,14-15H2,1H3/t17-/m1/s1. The average molecular weight is 378 g/mol. The highest BCUT2D eigenvalue weighted by molar-refractivity contribution is 8.00. The molecule has 27 heavy (non-hydrogen) atoms. The number of aromatic nitrogens is 2. The lowest BCUT2D eigenvalue weighted by molar-refractivity contribution is -0.129. The molecule has 4 nitrogen and oxygen atoms in total. The van der Waals surface area contributed by atoms with E-state index in [0.29, 0.717) is 0 Å². The first kappa shape index (κ1) is 17.9. The summed E-state index contributed by atoms with van der Waals surface area (Å²) in [6.45, 7) is 3.75. The van der Waals surface area contributed by atoms with Gasteiger partial charge in [-0.2, -0.15) is 0 Å². The molecule has 1 atom stereocenters. The minimum absolute atomic E-state index is 0.156. The fraction of sp³-hybridized carbons (Fsp3) is 0.273. The number of rotatable bonds is 5. The molecule has 1 amide bonds. The molecular formula is C22H23N3OS. The molecule has 0 spiro atoms. The predicted octanol–water partition coefficient (Wildman–Crippen LogP) is 4.64. The van der Waals surface area contributed by atoms with Gasteiger partial charge in [0.2, 0.25) is 5.91 Å². The number of amides is 1. The van der Waals surface area contributed by atoms with Crippen molar-refractivity contribution in [1.82, 2.24) is 14.5 Å². The summed E-state index contributed by atoms with van der Waals surface area (Å²) in [4.78, 5) is 19.4. The Bertz CT molecular complexity index is 902. The van der Waals surface area contributed by atoms with Crippen LogP contribution in [0, 0.1) is 0 Å². The SMILES string of the molecule is C[C@@H](Sc1ncc(-c2ccccc2)n1-c1ccccc1)C(=O)N1CCCC1. The summed E-state index contributed by atoms with van der Waals surface area (Å²) in [7, 11) is 0. The van der Waals surface area contributed by atoms with Crippen molar-refractivity contribution in [2.45, 2.75) is 30.2 Å². The maximum absolute atomic E-state index is 12.7. The van der Waals surface area contributed by atoms with E-state index in [1.54, 1.807) is 0 Å². The topological polar surface area (TPSA) is 38.1 Å². The lowest BCUT2D eigenvalue weighted by Gasteiger charge is -2.20. The minimum atomic E-state index is -0.156. The highest BCUT2D eigenvalue weighted by Crippen LogP contribution is 2.32. The molecule has 1 aliphatic heterocycles. The second kappa shape index (κ2) is 8.01. The number of thioether (sulfide) groups is 1. The van der Waals surface area contributed by atoms with E-state index in [9.17, 15) is 4.79 Å². The van der Waals surface area contributed by atoms with Crippen LogP contribution in [0.5, 0.6) is 0 Å². The molecule has 0 radical (unpaired) electrons. The van der Waals surface area contributed by atoms with Crippen molar-refractivity contribution in [1.29, 1.82) is 0 Å². The Kier molecular flexibility index (Phi) is 5.30. The van der Waals surface area contributed by atoms with Crippen molar-refractivity contribution in [3.63, 3.8) is 0 Å². The van der Waals surface area contributed by atoms with Gasteiger partial charge < -0.3 is 4.90 Å². The number of benzene rings is 2. The third kappa shape index (κ3) is 3.78. The van der Waals surface area contributed by atoms with Gasteiger partial charge in [-0.05, 0) is 31.9 Å². The van der Waals surface area contributed by atoms with Gasteiger partial charge in [-0.1, -0.05) is 60.3 Å². The van der Waals surface area contributed by atoms with Crippen molar-refractivity contribution in [3.8, 4) is 16.9 Å². The molecule has 2 heterocycles. The maximum atomic E-state index is 12.7. The van der Waals surface area contributed by atoms with Gasteiger partial charge in [-0.3, -0.25) is 9.36 Å². The number of hydrogen-bond acceptors (Lipinski definition) is 3. The van der Waals surface area contributed by atoms with Gasteiger partial charge in [0.15, 0.2) is 5.16 Å². The van der Waals surface area contributed by atoms with Gasteiger partial charge in [0.25, 0.3) is 0 Å². The van der Waals surface area contributed by atoms with E-state index < -0.39 is 0 Å². The third-order valence-electron chi connectivity index (χ3n) is 4.86. The van der Waals surface area contributed by atoms with E-state index >= 15 is 0 Å². The molecule has 1 aliphatic rings. The van der Waals surface area contributed by atoms with Crippen LogP contribution in [0.15, 0.2) is 72.0 Å². The molecule has 1 saturated heterocycles. The fourth-order valence-electron chi connectivity index (χ4n) is 3.46. The zero-order chi connectivity index (χ0) is 18.6. The summed E-state index contributed by atoms with van der Waals surface area (Å²) in [5, 5.41) is 0.691. The summed E-state index contributed by atoms with van der Waals surface area (Å²) in [6.07, 6.45) is 4.12. The highest BCUT2D eigenvalue weighted by Gasteiger charge is 2.26. The van der Waals surface area contributed by atoms with Crippen molar-refractivity contribution < 1.29 is 4.79 Å². The Morgan fingerprint density at radius 3 is 2.30 bits per heavy atom. The van der Waals surface area contributed by atoms with E-state index in [1.807, 2.05) is 54.4 Å². The monoisotopic (exact) mass is 377 g/mol. The van der Waals surface area contributed by atoms with Crippen LogP contribution in [0.25, 0.3) is 16.9 Å². The first-order valence-electron chi connectivity index (χ1n) is 9.38. The molecule has 0 bridgehead atoms. The fourth-order valence-corrected chi connectivity index (χ4v) is 4.45. The second-order valence-electron chi connectivity index (χ2n) is 6.76. The lowest BCUT2D eigenvalue weighted by atomic mass is 10.1.